The first-order valence-corrected chi connectivity index (χ1v) is 5.12. The van der Waals surface area contributed by atoms with E-state index in [1.165, 1.54) is 0 Å². The van der Waals surface area contributed by atoms with Crippen LogP contribution in [-0.2, 0) is 13.5 Å². The largest absolute Gasteiger partial charge is 0.350 e. The molecule has 1 aromatic carbocycles. The van der Waals surface area contributed by atoms with Crippen molar-refractivity contribution in [1.82, 2.24) is 4.57 Å². The second-order valence-electron chi connectivity index (χ2n) is 3.23. The smallest absolute Gasteiger partial charge is 0.0670 e. The summed E-state index contributed by atoms with van der Waals surface area (Å²) in [5.41, 5.74) is 2.24. The van der Waals surface area contributed by atoms with Gasteiger partial charge in [-0.3, -0.25) is 0 Å². The number of fused-ring (bicyclic) bond motifs is 1. The van der Waals surface area contributed by atoms with Crippen LogP contribution >= 0.6 is 15.9 Å². The molecule has 0 bridgehead atoms. The van der Waals surface area contributed by atoms with Crippen molar-refractivity contribution in [1.29, 1.82) is 5.26 Å². The van der Waals surface area contributed by atoms with Gasteiger partial charge in [0.05, 0.1) is 12.5 Å². The third-order valence-corrected chi connectivity index (χ3v) is 2.97. The first-order chi connectivity index (χ1) is 6.74. The van der Waals surface area contributed by atoms with Crippen molar-refractivity contribution in [3.05, 3.63) is 34.4 Å². The maximum absolute atomic E-state index is 8.70. The SMILES string of the molecule is Cn1cc(CC#N)c2c(Br)cccc21. The van der Waals surface area contributed by atoms with E-state index in [1.807, 2.05) is 29.9 Å². The van der Waals surface area contributed by atoms with Crippen LogP contribution in [0.4, 0.5) is 0 Å². The lowest BCUT2D eigenvalue weighted by molar-refractivity contribution is 0.960. The van der Waals surface area contributed by atoms with Gasteiger partial charge in [-0.2, -0.15) is 5.26 Å². The van der Waals surface area contributed by atoms with Gasteiger partial charge in [-0.1, -0.05) is 22.0 Å². The predicted molar refractivity (Wildman–Crippen MR) is 59.9 cm³/mol. The minimum absolute atomic E-state index is 0.458. The molecule has 3 heteroatoms. The van der Waals surface area contributed by atoms with Gasteiger partial charge in [0.1, 0.15) is 0 Å². The third-order valence-electron chi connectivity index (χ3n) is 2.31. The molecule has 70 valence electrons. The maximum Gasteiger partial charge on any atom is 0.0670 e. The molecule has 0 unspecified atom stereocenters. The van der Waals surface area contributed by atoms with Gasteiger partial charge in [-0.15, -0.1) is 0 Å². The molecular weight excluding hydrogens is 240 g/mol. The van der Waals surface area contributed by atoms with Gasteiger partial charge in [0, 0.05) is 28.6 Å². The minimum atomic E-state index is 0.458. The fourth-order valence-corrected chi connectivity index (χ4v) is 2.32. The molecule has 0 N–H and O–H groups in total. The summed E-state index contributed by atoms with van der Waals surface area (Å²) in [4.78, 5) is 0. The second kappa shape index (κ2) is 3.47. The summed E-state index contributed by atoms with van der Waals surface area (Å²) in [5, 5.41) is 9.85. The summed E-state index contributed by atoms with van der Waals surface area (Å²) in [5.74, 6) is 0. The van der Waals surface area contributed by atoms with Crippen LogP contribution < -0.4 is 0 Å². The minimum Gasteiger partial charge on any atom is -0.350 e. The molecule has 0 aliphatic rings. The first-order valence-electron chi connectivity index (χ1n) is 4.33. The Labute approximate surface area is 90.9 Å². The van der Waals surface area contributed by atoms with Gasteiger partial charge in [-0.25, -0.2) is 0 Å². The standard InChI is InChI=1S/C11H9BrN2/c1-14-7-8(5-6-13)11-9(12)3-2-4-10(11)14/h2-4,7H,5H2,1H3. The lowest BCUT2D eigenvalue weighted by Crippen LogP contribution is -1.82. The molecule has 0 amide bonds. The number of nitriles is 1. The number of hydrogen-bond donors (Lipinski definition) is 0. The highest BCUT2D eigenvalue weighted by Crippen LogP contribution is 2.28. The predicted octanol–water partition coefficient (Wildman–Crippen LogP) is 3.01. The fraction of sp³-hybridized carbons (Fsp3) is 0.182. The first kappa shape index (κ1) is 9.29. The van der Waals surface area contributed by atoms with Crippen LogP contribution in [0.25, 0.3) is 10.9 Å². The molecule has 2 rings (SSSR count). The third kappa shape index (κ3) is 1.32. The quantitative estimate of drug-likeness (QED) is 0.763. The Kier molecular flexibility index (Phi) is 2.30. The highest BCUT2D eigenvalue weighted by Gasteiger charge is 2.08. The van der Waals surface area contributed by atoms with Crippen molar-refractivity contribution in [2.45, 2.75) is 6.42 Å². The number of benzene rings is 1. The molecule has 14 heavy (non-hydrogen) atoms. The zero-order valence-corrected chi connectivity index (χ0v) is 9.37. The van der Waals surface area contributed by atoms with Crippen molar-refractivity contribution in [2.24, 2.45) is 7.05 Å². The van der Waals surface area contributed by atoms with Crippen LogP contribution in [0, 0.1) is 11.3 Å². The summed E-state index contributed by atoms with van der Waals surface area (Å²) in [7, 11) is 2.00. The Bertz CT molecular complexity index is 520. The monoisotopic (exact) mass is 248 g/mol. The van der Waals surface area contributed by atoms with Crippen LogP contribution in [0.2, 0.25) is 0 Å². The van der Waals surface area contributed by atoms with Gasteiger partial charge in [0.15, 0.2) is 0 Å². The van der Waals surface area contributed by atoms with Gasteiger partial charge < -0.3 is 4.57 Å². The summed E-state index contributed by atoms with van der Waals surface area (Å²) in [6.07, 6.45) is 2.47. The van der Waals surface area contributed by atoms with Crippen LogP contribution in [0.15, 0.2) is 28.9 Å². The Balaban J connectivity index is 2.80. The average Bonchev–Trinajstić information content (AvgIpc) is 2.46. The lowest BCUT2D eigenvalue weighted by Gasteiger charge is -1.97. The van der Waals surface area contributed by atoms with Crippen LogP contribution in [0.1, 0.15) is 5.56 Å². The Morgan fingerprint density at radius 2 is 2.29 bits per heavy atom. The van der Waals surface area contributed by atoms with Crippen molar-refractivity contribution in [3.8, 4) is 6.07 Å². The number of aryl methyl sites for hydroxylation is 1. The van der Waals surface area contributed by atoms with E-state index < -0.39 is 0 Å². The maximum atomic E-state index is 8.70. The topological polar surface area (TPSA) is 28.7 Å². The molecule has 1 aromatic heterocycles. The number of nitrogens with zero attached hydrogens (tertiary/aromatic N) is 2. The summed E-state index contributed by atoms with van der Waals surface area (Å²) < 4.78 is 3.10. The fourth-order valence-electron chi connectivity index (χ4n) is 1.71. The van der Waals surface area contributed by atoms with Crippen molar-refractivity contribution < 1.29 is 0 Å². The van der Waals surface area contributed by atoms with E-state index in [1.54, 1.807) is 0 Å². The molecule has 0 radical (unpaired) electrons. The number of rotatable bonds is 1. The van der Waals surface area contributed by atoms with E-state index in [0.717, 1.165) is 20.9 Å². The molecule has 0 saturated carbocycles. The van der Waals surface area contributed by atoms with Gasteiger partial charge in [-0.05, 0) is 17.7 Å². The molecule has 2 aromatic rings. The van der Waals surface area contributed by atoms with Gasteiger partial charge in [0.2, 0.25) is 0 Å². The zero-order chi connectivity index (χ0) is 10.1. The van der Waals surface area contributed by atoms with E-state index in [0.29, 0.717) is 6.42 Å². The molecule has 0 aliphatic carbocycles. The Hall–Kier alpha value is -1.27. The molecule has 0 aliphatic heterocycles. The van der Waals surface area contributed by atoms with E-state index in [9.17, 15) is 0 Å². The van der Waals surface area contributed by atoms with Crippen LogP contribution in [0.5, 0.6) is 0 Å². The van der Waals surface area contributed by atoms with Gasteiger partial charge in [0.25, 0.3) is 0 Å². The average molecular weight is 249 g/mol. The number of halogens is 1. The Morgan fingerprint density at radius 3 is 3.00 bits per heavy atom. The lowest BCUT2D eigenvalue weighted by atomic mass is 10.1. The van der Waals surface area contributed by atoms with Gasteiger partial charge >= 0.3 is 0 Å². The Morgan fingerprint density at radius 1 is 1.50 bits per heavy atom. The number of hydrogen-bond acceptors (Lipinski definition) is 1. The van der Waals surface area contributed by atoms with Crippen LogP contribution in [-0.4, -0.2) is 4.57 Å². The zero-order valence-electron chi connectivity index (χ0n) is 7.79. The normalized spacial score (nSPS) is 10.4. The molecule has 0 atom stereocenters. The summed E-state index contributed by atoms with van der Waals surface area (Å²) in [6, 6.07) is 8.24. The molecule has 0 fully saturated rings. The van der Waals surface area contributed by atoms with Crippen molar-refractivity contribution in [2.75, 3.05) is 0 Å². The van der Waals surface area contributed by atoms with Crippen molar-refractivity contribution >= 4 is 26.8 Å². The highest BCUT2D eigenvalue weighted by molar-refractivity contribution is 9.10. The van der Waals surface area contributed by atoms with E-state index in [2.05, 4.69) is 28.1 Å². The van der Waals surface area contributed by atoms with E-state index >= 15 is 0 Å². The molecule has 0 spiro atoms. The molecule has 2 nitrogen and oxygen atoms in total. The number of aromatic nitrogens is 1. The van der Waals surface area contributed by atoms with Crippen LogP contribution in [0.3, 0.4) is 0 Å². The van der Waals surface area contributed by atoms with E-state index in [4.69, 9.17) is 5.26 Å². The summed E-state index contributed by atoms with van der Waals surface area (Å²) >= 11 is 3.51. The molecular formula is C11H9BrN2. The molecule has 1 heterocycles. The molecule has 0 saturated heterocycles. The highest BCUT2D eigenvalue weighted by atomic mass is 79.9. The van der Waals surface area contributed by atoms with E-state index in [-0.39, 0.29) is 0 Å². The summed E-state index contributed by atoms with van der Waals surface area (Å²) in [6.45, 7) is 0. The van der Waals surface area contributed by atoms with Crippen molar-refractivity contribution in [3.63, 3.8) is 0 Å². The second-order valence-corrected chi connectivity index (χ2v) is 4.09.